The van der Waals surface area contributed by atoms with Gasteiger partial charge in [0.05, 0.1) is 17.1 Å². The van der Waals surface area contributed by atoms with Gasteiger partial charge >= 0.3 is 5.97 Å². The number of fused-ring (bicyclic) bond motifs is 1. The Morgan fingerprint density at radius 3 is 2.64 bits per heavy atom. The highest BCUT2D eigenvalue weighted by atomic mass is 35.5. The molecule has 0 aliphatic heterocycles. The molecule has 1 heterocycles. The number of nitrogens with one attached hydrogen (secondary N) is 1. The second-order valence-electron chi connectivity index (χ2n) is 5.22. The molecule has 0 saturated carbocycles. The van der Waals surface area contributed by atoms with Gasteiger partial charge < -0.3 is 10.1 Å². The number of carbonyl (C=O) groups is 1. The maximum Gasteiger partial charge on any atom is 0.307 e. The normalized spacial score (nSPS) is 11.0. The van der Waals surface area contributed by atoms with Gasteiger partial charge in [0, 0.05) is 21.5 Å². The minimum absolute atomic E-state index is 0.0717. The largest absolute Gasteiger partial charge is 0.481 e. The van der Waals surface area contributed by atoms with Crippen LogP contribution >= 0.6 is 23.2 Å². The van der Waals surface area contributed by atoms with Crippen molar-refractivity contribution in [3.8, 4) is 11.3 Å². The van der Waals surface area contributed by atoms with Gasteiger partial charge in [-0.25, -0.2) is 0 Å². The highest BCUT2D eigenvalue weighted by molar-refractivity contribution is 6.36. The molecule has 112 valence electrons. The van der Waals surface area contributed by atoms with Gasteiger partial charge in [-0.2, -0.15) is 0 Å². The Morgan fingerprint density at radius 2 is 1.95 bits per heavy atom. The predicted octanol–water partition coefficient (Wildman–Crippen LogP) is 5.08. The quantitative estimate of drug-likeness (QED) is 0.702. The lowest BCUT2D eigenvalue weighted by atomic mass is 10.0. The fourth-order valence-corrected chi connectivity index (χ4v) is 3.12. The molecule has 0 saturated heterocycles. The number of carboxylic acid groups (broad SMARTS) is 1. The number of aromatic nitrogens is 1. The van der Waals surface area contributed by atoms with Gasteiger partial charge in [0.15, 0.2) is 0 Å². The smallest absolute Gasteiger partial charge is 0.307 e. The van der Waals surface area contributed by atoms with Gasteiger partial charge in [0.1, 0.15) is 0 Å². The van der Waals surface area contributed by atoms with Crippen molar-refractivity contribution in [1.82, 2.24) is 4.98 Å². The third-order valence-electron chi connectivity index (χ3n) is 3.59. The lowest BCUT2D eigenvalue weighted by Gasteiger charge is -2.06. The summed E-state index contributed by atoms with van der Waals surface area (Å²) < 4.78 is 0. The van der Waals surface area contributed by atoms with E-state index in [1.54, 1.807) is 18.2 Å². The van der Waals surface area contributed by atoms with Crippen LogP contribution in [0.2, 0.25) is 10.0 Å². The molecular formula is C17H13Cl2NO2. The molecule has 2 N–H and O–H groups in total. The van der Waals surface area contributed by atoms with Crippen LogP contribution in [-0.4, -0.2) is 16.1 Å². The lowest BCUT2D eigenvalue weighted by molar-refractivity contribution is -0.136. The fraction of sp³-hybridized carbons (Fsp3) is 0.118. The summed E-state index contributed by atoms with van der Waals surface area (Å²) >= 11 is 12.2. The van der Waals surface area contributed by atoms with Crippen molar-refractivity contribution in [3.63, 3.8) is 0 Å². The zero-order valence-electron chi connectivity index (χ0n) is 11.8. The lowest BCUT2D eigenvalue weighted by Crippen LogP contribution is -2.01. The molecule has 0 atom stereocenters. The Hall–Kier alpha value is -1.97. The first-order valence-electron chi connectivity index (χ1n) is 6.74. The number of aryl methyl sites for hydroxylation is 1. The van der Waals surface area contributed by atoms with Crippen molar-refractivity contribution in [2.75, 3.05) is 0 Å². The van der Waals surface area contributed by atoms with E-state index in [1.807, 2.05) is 25.1 Å². The molecule has 22 heavy (non-hydrogen) atoms. The van der Waals surface area contributed by atoms with Crippen molar-refractivity contribution < 1.29 is 9.90 Å². The molecule has 3 rings (SSSR count). The maximum absolute atomic E-state index is 11.2. The highest BCUT2D eigenvalue weighted by Crippen LogP contribution is 2.36. The molecule has 0 fully saturated rings. The van der Waals surface area contributed by atoms with E-state index in [-0.39, 0.29) is 6.42 Å². The maximum atomic E-state index is 11.2. The van der Waals surface area contributed by atoms with E-state index >= 15 is 0 Å². The van der Waals surface area contributed by atoms with E-state index in [1.165, 1.54) is 0 Å². The predicted molar refractivity (Wildman–Crippen MR) is 89.8 cm³/mol. The number of benzene rings is 2. The van der Waals surface area contributed by atoms with Gasteiger partial charge in [0.25, 0.3) is 0 Å². The van der Waals surface area contributed by atoms with Gasteiger partial charge in [-0.15, -0.1) is 0 Å². The second kappa shape index (κ2) is 5.67. The molecule has 0 amide bonds. The van der Waals surface area contributed by atoms with E-state index < -0.39 is 5.97 Å². The molecule has 3 nitrogen and oxygen atoms in total. The van der Waals surface area contributed by atoms with Crippen molar-refractivity contribution in [2.45, 2.75) is 13.3 Å². The van der Waals surface area contributed by atoms with Gasteiger partial charge in [-0.1, -0.05) is 34.8 Å². The average Bonchev–Trinajstić information content (AvgIpc) is 2.76. The molecular weight excluding hydrogens is 321 g/mol. The molecule has 0 radical (unpaired) electrons. The zero-order chi connectivity index (χ0) is 15.9. The van der Waals surface area contributed by atoms with E-state index in [2.05, 4.69) is 4.98 Å². The fourth-order valence-electron chi connectivity index (χ4n) is 2.62. The number of halogens is 2. The summed E-state index contributed by atoms with van der Waals surface area (Å²) in [6.07, 6.45) is -0.0717. The van der Waals surface area contributed by atoms with E-state index in [4.69, 9.17) is 23.2 Å². The van der Waals surface area contributed by atoms with Crippen molar-refractivity contribution in [2.24, 2.45) is 0 Å². The Labute approximate surface area is 137 Å². The summed E-state index contributed by atoms with van der Waals surface area (Å²) in [7, 11) is 0. The standard InChI is InChI=1S/C17H13Cl2NO2/c1-9-2-5-15-12(6-9)13(8-16(21)22)17(20-15)11-4-3-10(18)7-14(11)19/h2-7,20H,8H2,1H3,(H,21,22). The van der Waals surface area contributed by atoms with Crippen LogP contribution < -0.4 is 0 Å². The Morgan fingerprint density at radius 1 is 1.18 bits per heavy atom. The summed E-state index contributed by atoms with van der Waals surface area (Å²) in [4.78, 5) is 14.5. The van der Waals surface area contributed by atoms with Crippen LogP contribution in [0.3, 0.4) is 0 Å². The monoisotopic (exact) mass is 333 g/mol. The number of carboxylic acids is 1. The van der Waals surface area contributed by atoms with Gasteiger partial charge in [-0.3, -0.25) is 4.79 Å². The number of hydrogen-bond donors (Lipinski definition) is 2. The molecule has 1 aromatic heterocycles. The molecule has 2 aromatic carbocycles. The Kier molecular flexibility index (Phi) is 3.85. The summed E-state index contributed by atoms with van der Waals surface area (Å²) in [5.74, 6) is -0.881. The van der Waals surface area contributed by atoms with Crippen LogP contribution in [0.5, 0.6) is 0 Å². The highest BCUT2D eigenvalue weighted by Gasteiger charge is 2.17. The SMILES string of the molecule is Cc1ccc2[nH]c(-c3ccc(Cl)cc3Cl)c(CC(=O)O)c2c1. The van der Waals surface area contributed by atoms with Crippen LogP contribution in [0.4, 0.5) is 0 Å². The first-order valence-corrected chi connectivity index (χ1v) is 7.49. The topological polar surface area (TPSA) is 53.1 Å². The van der Waals surface area contributed by atoms with Crippen LogP contribution in [-0.2, 0) is 11.2 Å². The Balaban J connectivity index is 2.30. The number of hydrogen-bond acceptors (Lipinski definition) is 1. The summed E-state index contributed by atoms with van der Waals surface area (Å²) in [5.41, 5.74) is 4.17. The summed E-state index contributed by atoms with van der Waals surface area (Å²) in [6, 6.07) is 11.1. The van der Waals surface area contributed by atoms with Crippen LogP contribution in [0, 0.1) is 6.92 Å². The minimum Gasteiger partial charge on any atom is -0.481 e. The van der Waals surface area contributed by atoms with Crippen molar-refractivity contribution in [3.05, 3.63) is 57.6 Å². The molecule has 3 aromatic rings. The number of H-pyrrole nitrogens is 1. The summed E-state index contributed by atoms with van der Waals surface area (Å²) in [5, 5.41) is 11.2. The number of aliphatic carboxylic acids is 1. The van der Waals surface area contributed by atoms with E-state index in [9.17, 15) is 9.90 Å². The molecule has 0 aliphatic rings. The third-order valence-corrected chi connectivity index (χ3v) is 4.14. The average molecular weight is 334 g/mol. The summed E-state index contributed by atoms with van der Waals surface area (Å²) in [6.45, 7) is 1.98. The van der Waals surface area contributed by atoms with Gasteiger partial charge in [0.2, 0.25) is 0 Å². The van der Waals surface area contributed by atoms with Crippen molar-refractivity contribution in [1.29, 1.82) is 0 Å². The van der Waals surface area contributed by atoms with Gasteiger partial charge in [-0.05, 0) is 42.8 Å². The van der Waals surface area contributed by atoms with E-state index in [0.717, 1.165) is 33.3 Å². The molecule has 0 unspecified atom stereocenters. The zero-order valence-corrected chi connectivity index (χ0v) is 13.3. The van der Waals surface area contributed by atoms with Crippen LogP contribution in [0.25, 0.3) is 22.2 Å². The van der Waals surface area contributed by atoms with Crippen LogP contribution in [0.1, 0.15) is 11.1 Å². The first kappa shape index (κ1) is 14.9. The van der Waals surface area contributed by atoms with Crippen molar-refractivity contribution >= 4 is 40.1 Å². The molecule has 0 bridgehead atoms. The second-order valence-corrected chi connectivity index (χ2v) is 6.07. The first-order chi connectivity index (χ1) is 10.5. The minimum atomic E-state index is -0.881. The number of rotatable bonds is 3. The van der Waals surface area contributed by atoms with Crippen LogP contribution in [0.15, 0.2) is 36.4 Å². The molecule has 0 aliphatic carbocycles. The third kappa shape index (κ3) is 2.70. The molecule has 0 spiro atoms. The Bertz CT molecular complexity index is 884. The van der Waals surface area contributed by atoms with E-state index in [0.29, 0.717) is 10.0 Å². The number of aromatic amines is 1. The molecule has 5 heteroatoms.